The third kappa shape index (κ3) is 6.17. The number of ether oxygens (including phenoxy) is 1. The SMILES string of the molecule is C[Si](C)(C)CCOCn1cc(-n2nc(-c3ccc(C(F)(F)F)cc3)cc(C(=O)O)c2=O)cn1. The van der Waals surface area contributed by atoms with Gasteiger partial charge >= 0.3 is 12.1 Å². The third-order valence-electron chi connectivity index (χ3n) is 4.73. The number of halogens is 3. The number of alkyl halides is 3. The quantitative estimate of drug-likeness (QED) is 0.385. The Bertz CT molecular complexity index is 1200. The van der Waals surface area contributed by atoms with Crippen LogP contribution in [0.2, 0.25) is 25.7 Å². The minimum absolute atomic E-state index is 0.0276. The van der Waals surface area contributed by atoms with E-state index in [1.165, 1.54) is 29.2 Å². The van der Waals surface area contributed by atoms with E-state index in [0.29, 0.717) is 6.61 Å². The number of hydrogen-bond donors (Lipinski definition) is 1. The Morgan fingerprint density at radius 1 is 1.18 bits per heavy atom. The van der Waals surface area contributed by atoms with Crippen LogP contribution in [0, 0.1) is 0 Å². The number of carboxylic acids is 1. The molecule has 176 valence electrons. The molecule has 33 heavy (non-hydrogen) atoms. The molecule has 1 N–H and O–H groups in total. The van der Waals surface area contributed by atoms with Crippen LogP contribution in [0.1, 0.15) is 15.9 Å². The summed E-state index contributed by atoms with van der Waals surface area (Å²) in [6, 6.07) is 6.07. The fourth-order valence-corrected chi connectivity index (χ4v) is 3.62. The Kier molecular flexibility index (Phi) is 6.88. The lowest BCUT2D eigenvalue weighted by Gasteiger charge is -2.15. The molecule has 0 unspecified atom stereocenters. The van der Waals surface area contributed by atoms with Crippen LogP contribution in [0.5, 0.6) is 0 Å². The monoisotopic (exact) mass is 480 g/mol. The molecule has 3 aromatic rings. The normalized spacial score (nSPS) is 12.2. The summed E-state index contributed by atoms with van der Waals surface area (Å²) in [5.74, 6) is -1.48. The average Bonchev–Trinajstić information content (AvgIpc) is 3.18. The number of carbonyl (C=O) groups is 1. The smallest absolute Gasteiger partial charge is 0.416 e. The zero-order valence-corrected chi connectivity index (χ0v) is 19.3. The van der Waals surface area contributed by atoms with Gasteiger partial charge in [0, 0.05) is 20.2 Å². The van der Waals surface area contributed by atoms with Crippen LogP contribution in [-0.2, 0) is 17.6 Å². The van der Waals surface area contributed by atoms with Crippen molar-refractivity contribution in [2.24, 2.45) is 0 Å². The van der Waals surface area contributed by atoms with Crippen molar-refractivity contribution in [3.63, 3.8) is 0 Å². The highest BCUT2D eigenvalue weighted by molar-refractivity contribution is 6.76. The molecule has 0 amide bonds. The van der Waals surface area contributed by atoms with E-state index in [9.17, 15) is 27.9 Å². The van der Waals surface area contributed by atoms with Gasteiger partial charge in [-0.25, -0.2) is 9.48 Å². The van der Waals surface area contributed by atoms with Gasteiger partial charge < -0.3 is 9.84 Å². The van der Waals surface area contributed by atoms with E-state index in [4.69, 9.17) is 4.74 Å². The van der Waals surface area contributed by atoms with Crippen molar-refractivity contribution in [3.05, 3.63) is 64.2 Å². The van der Waals surface area contributed by atoms with Gasteiger partial charge in [0.1, 0.15) is 18.0 Å². The van der Waals surface area contributed by atoms with Crippen molar-refractivity contribution in [3.8, 4) is 16.9 Å². The van der Waals surface area contributed by atoms with Gasteiger partial charge in [0.05, 0.1) is 23.7 Å². The lowest BCUT2D eigenvalue weighted by molar-refractivity contribution is -0.137. The largest absolute Gasteiger partial charge is 0.477 e. The van der Waals surface area contributed by atoms with Gasteiger partial charge in [-0.2, -0.15) is 28.1 Å². The molecule has 0 aliphatic heterocycles. The standard InChI is InChI=1S/C21H23F3N4O4Si/c1-33(2,3)9-8-32-13-27-12-16(11-25-27)28-19(29)17(20(30)31)10-18(26-28)14-4-6-15(7-5-14)21(22,23)24/h4-7,10-12H,8-9,13H2,1-3H3,(H,30,31). The fourth-order valence-electron chi connectivity index (χ4n) is 2.86. The fraction of sp³-hybridized carbons (Fsp3) is 0.333. The molecule has 0 aliphatic carbocycles. The number of nitrogens with zero attached hydrogens (tertiary/aromatic N) is 4. The molecule has 0 radical (unpaired) electrons. The minimum Gasteiger partial charge on any atom is -0.477 e. The first-order chi connectivity index (χ1) is 15.3. The highest BCUT2D eigenvalue weighted by atomic mass is 28.3. The number of rotatable bonds is 8. The molecule has 0 spiro atoms. The van der Waals surface area contributed by atoms with Crippen molar-refractivity contribution < 1.29 is 27.8 Å². The second-order valence-electron chi connectivity index (χ2n) is 8.63. The zero-order valence-electron chi connectivity index (χ0n) is 18.3. The number of aromatic nitrogens is 4. The number of aromatic carboxylic acids is 1. The molecule has 0 fully saturated rings. The van der Waals surface area contributed by atoms with Gasteiger partial charge in [0.15, 0.2) is 0 Å². The van der Waals surface area contributed by atoms with Gasteiger partial charge in [-0.1, -0.05) is 31.8 Å². The summed E-state index contributed by atoms with van der Waals surface area (Å²) in [4.78, 5) is 24.3. The molecule has 2 heterocycles. The van der Waals surface area contributed by atoms with E-state index in [-0.39, 0.29) is 23.7 Å². The molecule has 8 nitrogen and oxygen atoms in total. The maximum atomic E-state index is 12.8. The second kappa shape index (κ2) is 9.31. The number of benzene rings is 1. The number of hydrogen-bond acceptors (Lipinski definition) is 5. The molecule has 0 saturated carbocycles. The summed E-state index contributed by atoms with van der Waals surface area (Å²) >= 11 is 0. The topological polar surface area (TPSA) is 99.2 Å². The van der Waals surface area contributed by atoms with E-state index in [1.807, 2.05) is 0 Å². The molecule has 2 aromatic heterocycles. The molecular weight excluding hydrogens is 457 g/mol. The first kappa shape index (κ1) is 24.4. The van der Waals surface area contributed by atoms with E-state index in [1.54, 1.807) is 0 Å². The van der Waals surface area contributed by atoms with Crippen LogP contribution in [0.3, 0.4) is 0 Å². The molecule has 0 saturated heterocycles. The molecule has 0 atom stereocenters. The summed E-state index contributed by atoms with van der Waals surface area (Å²) in [5.41, 5.74) is -1.86. The first-order valence-corrected chi connectivity index (χ1v) is 13.7. The Morgan fingerprint density at radius 2 is 1.85 bits per heavy atom. The lowest BCUT2D eigenvalue weighted by atomic mass is 10.1. The van der Waals surface area contributed by atoms with Crippen molar-refractivity contribution in [1.82, 2.24) is 19.6 Å². The minimum atomic E-state index is -4.51. The van der Waals surface area contributed by atoms with Crippen molar-refractivity contribution in [2.45, 2.75) is 38.6 Å². The Morgan fingerprint density at radius 3 is 2.42 bits per heavy atom. The number of carboxylic acid groups (broad SMARTS) is 1. The zero-order chi connectivity index (χ0) is 24.4. The summed E-state index contributed by atoms with van der Waals surface area (Å²) in [7, 11) is -1.25. The Labute approximate surface area is 188 Å². The Balaban J connectivity index is 1.91. The summed E-state index contributed by atoms with van der Waals surface area (Å²) in [5, 5.41) is 17.7. The van der Waals surface area contributed by atoms with Crippen LogP contribution < -0.4 is 5.56 Å². The predicted octanol–water partition coefficient (Wildman–Crippen LogP) is 4.13. The maximum Gasteiger partial charge on any atom is 0.416 e. The van der Waals surface area contributed by atoms with Crippen molar-refractivity contribution >= 4 is 14.0 Å². The highest BCUT2D eigenvalue weighted by Gasteiger charge is 2.30. The van der Waals surface area contributed by atoms with Crippen LogP contribution >= 0.6 is 0 Å². The summed E-state index contributed by atoms with van der Waals surface area (Å²) in [6.07, 6.45) is -1.70. The molecule has 12 heteroatoms. The molecular formula is C21H23F3N4O4Si. The predicted molar refractivity (Wildman–Crippen MR) is 117 cm³/mol. The molecule has 0 bridgehead atoms. The van der Waals surface area contributed by atoms with Crippen LogP contribution in [0.25, 0.3) is 16.9 Å². The highest BCUT2D eigenvalue weighted by Crippen LogP contribution is 2.30. The van der Waals surface area contributed by atoms with E-state index in [0.717, 1.165) is 28.9 Å². The van der Waals surface area contributed by atoms with Crippen molar-refractivity contribution in [1.29, 1.82) is 0 Å². The van der Waals surface area contributed by atoms with Gasteiger partial charge in [-0.15, -0.1) is 0 Å². The van der Waals surface area contributed by atoms with Crippen LogP contribution in [0.15, 0.2) is 47.5 Å². The van der Waals surface area contributed by atoms with E-state index in [2.05, 4.69) is 29.8 Å². The molecule has 0 aliphatic rings. The maximum absolute atomic E-state index is 12.8. The van der Waals surface area contributed by atoms with Crippen LogP contribution in [-0.4, -0.2) is 45.3 Å². The van der Waals surface area contributed by atoms with E-state index < -0.39 is 36.9 Å². The molecule has 1 aromatic carbocycles. The van der Waals surface area contributed by atoms with Gasteiger partial charge in [-0.05, 0) is 24.2 Å². The molecule has 3 rings (SSSR count). The van der Waals surface area contributed by atoms with Gasteiger partial charge in [0.2, 0.25) is 0 Å². The van der Waals surface area contributed by atoms with Crippen molar-refractivity contribution in [2.75, 3.05) is 6.61 Å². The first-order valence-electron chi connectivity index (χ1n) is 10.0. The average molecular weight is 481 g/mol. The van der Waals surface area contributed by atoms with Gasteiger partial charge in [-0.3, -0.25) is 4.79 Å². The third-order valence-corrected chi connectivity index (χ3v) is 6.44. The second-order valence-corrected chi connectivity index (χ2v) is 14.2. The Hall–Kier alpha value is -3.25. The van der Waals surface area contributed by atoms with Gasteiger partial charge in [0.25, 0.3) is 5.56 Å². The summed E-state index contributed by atoms with van der Waals surface area (Å²) < 4.78 is 46.5. The lowest BCUT2D eigenvalue weighted by Crippen LogP contribution is -2.27. The van der Waals surface area contributed by atoms with E-state index >= 15 is 0 Å². The summed E-state index contributed by atoms with van der Waals surface area (Å²) in [6.45, 7) is 7.39. The van der Waals surface area contributed by atoms with Crippen LogP contribution in [0.4, 0.5) is 13.2 Å².